The first-order valence-electron chi connectivity index (χ1n) is 9.19. The molecule has 0 spiro atoms. The van der Waals surface area contributed by atoms with Gasteiger partial charge in [0.25, 0.3) is 0 Å². The van der Waals surface area contributed by atoms with Crippen LogP contribution in [0.25, 0.3) is 0 Å². The van der Waals surface area contributed by atoms with E-state index in [0.717, 1.165) is 31.9 Å². The standard InChI is InChI=1S/C19H28N4O2/c1-15(16-7-8-16)20-18(24)13-22-9-11-23(12-10-22)14-19(25)21-17-5-3-2-4-6-17/h2-6,15-16H,7-14H2,1H3,(H,20,24)(H,21,25)/t15-/m1/s1. The summed E-state index contributed by atoms with van der Waals surface area (Å²) in [6, 6.07) is 9.81. The molecule has 0 unspecified atom stereocenters. The molecule has 2 aliphatic rings. The normalized spacial score (nSPS) is 20.0. The second kappa shape index (κ2) is 8.45. The Balaban J connectivity index is 1.34. The highest BCUT2D eigenvalue weighted by molar-refractivity contribution is 5.92. The molecule has 2 amide bonds. The van der Waals surface area contributed by atoms with Crippen LogP contribution in [-0.4, -0.2) is 66.9 Å². The lowest BCUT2D eigenvalue weighted by molar-refractivity contribution is -0.124. The molecule has 0 aromatic heterocycles. The number of nitrogens with zero attached hydrogens (tertiary/aromatic N) is 2. The molecule has 1 aliphatic heterocycles. The van der Waals surface area contributed by atoms with Crippen molar-refractivity contribution in [2.75, 3.05) is 44.6 Å². The summed E-state index contributed by atoms with van der Waals surface area (Å²) in [6.07, 6.45) is 2.48. The Hall–Kier alpha value is -1.92. The van der Waals surface area contributed by atoms with Crippen molar-refractivity contribution in [2.24, 2.45) is 5.92 Å². The average Bonchev–Trinajstić information content (AvgIpc) is 3.42. The number of anilines is 1. The summed E-state index contributed by atoms with van der Waals surface area (Å²) in [5.41, 5.74) is 0.826. The van der Waals surface area contributed by atoms with E-state index in [9.17, 15) is 9.59 Å². The minimum Gasteiger partial charge on any atom is -0.352 e. The molecule has 136 valence electrons. The van der Waals surface area contributed by atoms with Gasteiger partial charge in [-0.25, -0.2) is 0 Å². The van der Waals surface area contributed by atoms with Crippen molar-refractivity contribution in [2.45, 2.75) is 25.8 Å². The fourth-order valence-corrected chi connectivity index (χ4v) is 3.25. The predicted octanol–water partition coefficient (Wildman–Crippen LogP) is 1.16. The third kappa shape index (κ3) is 5.83. The van der Waals surface area contributed by atoms with Crippen LogP contribution < -0.4 is 10.6 Å². The summed E-state index contributed by atoms with van der Waals surface area (Å²) in [7, 11) is 0. The largest absolute Gasteiger partial charge is 0.352 e. The molecule has 0 bridgehead atoms. The second-order valence-electron chi connectivity index (χ2n) is 7.16. The number of carbonyl (C=O) groups excluding carboxylic acids is 2. The van der Waals surface area contributed by atoms with Crippen molar-refractivity contribution in [1.82, 2.24) is 15.1 Å². The van der Waals surface area contributed by atoms with Crippen LogP contribution in [-0.2, 0) is 9.59 Å². The molecule has 1 aliphatic carbocycles. The maximum Gasteiger partial charge on any atom is 0.238 e. The van der Waals surface area contributed by atoms with Crippen LogP contribution in [0, 0.1) is 5.92 Å². The van der Waals surface area contributed by atoms with Crippen molar-refractivity contribution in [3.05, 3.63) is 30.3 Å². The Morgan fingerprint density at radius 3 is 2.12 bits per heavy atom. The van der Waals surface area contributed by atoms with Gasteiger partial charge in [-0.3, -0.25) is 19.4 Å². The van der Waals surface area contributed by atoms with E-state index in [2.05, 4.69) is 27.4 Å². The van der Waals surface area contributed by atoms with Gasteiger partial charge in [0.15, 0.2) is 0 Å². The Morgan fingerprint density at radius 1 is 1.00 bits per heavy atom. The number of para-hydroxylation sites is 1. The Morgan fingerprint density at radius 2 is 1.56 bits per heavy atom. The molecular weight excluding hydrogens is 316 g/mol. The first kappa shape index (κ1) is 17.9. The van der Waals surface area contributed by atoms with Crippen molar-refractivity contribution in [1.29, 1.82) is 0 Å². The van der Waals surface area contributed by atoms with E-state index >= 15 is 0 Å². The number of nitrogens with one attached hydrogen (secondary N) is 2. The van der Waals surface area contributed by atoms with Gasteiger partial charge in [0.1, 0.15) is 0 Å². The van der Waals surface area contributed by atoms with E-state index < -0.39 is 0 Å². The van der Waals surface area contributed by atoms with Gasteiger partial charge in [-0.05, 0) is 37.8 Å². The van der Waals surface area contributed by atoms with Gasteiger partial charge < -0.3 is 10.6 Å². The molecule has 1 aromatic rings. The van der Waals surface area contributed by atoms with Gasteiger partial charge in [0.2, 0.25) is 11.8 Å². The quantitative estimate of drug-likeness (QED) is 0.779. The first-order valence-corrected chi connectivity index (χ1v) is 9.19. The lowest BCUT2D eigenvalue weighted by Crippen LogP contribution is -2.51. The van der Waals surface area contributed by atoms with E-state index in [1.54, 1.807) is 0 Å². The van der Waals surface area contributed by atoms with Crippen molar-refractivity contribution in [3.8, 4) is 0 Å². The lowest BCUT2D eigenvalue weighted by atomic mass is 10.2. The number of piperazine rings is 1. The Labute approximate surface area is 149 Å². The van der Waals surface area contributed by atoms with Crippen LogP contribution in [0.5, 0.6) is 0 Å². The SMILES string of the molecule is C[C@@H](NC(=O)CN1CCN(CC(=O)Nc2ccccc2)CC1)C1CC1. The molecule has 3 rings (SSSR count). The van der Waals surface area contributed by atoms with E-state index in [1.807, 2.05) is 30.3 Å². The van der Waals surface area contributed by atoms with Crippen LogP contribution in [0.3, 0.4) is 0 Å². The zero-order valence-electron chi connectivity index (χ0n) is 14.9. The molecule has 1 atom stereocenters. The van der Waals surface area contributed by atoms with Gasteiger partial charge in [0.05, 0.1) is 13.1 Å². The average molecular weight is 344 g/mol. The summed E-state index contributed by atoms with van der Waals surface area (Å²) in [6.45, 7) is 6.22. The highest BCUT2D eigenvalue weighted by atomic mass is 16.2. The number of amides is 2. The zero-order chi connectivity index (χ0) is 17.6. The molecule has 1 aromatic carbocycles. The molecule has 2 fully saturated rings. The minimum absolute atomic E-state index is 0.00986. The van der Waals surface area contributed by atoms with Gasteiger partial charge in [-0.1, -0.05) is 18.2 Å². The number of carbonyl (C=O) groups is 2. The summed E-state index contributed by atoms with van der Waals surface area (Å²) >= 11 is 0. The first-order chi connectivity index (χ1) is 12.1. The smallest absolute Gasteiger partial charge is 0.238 e. The summed E-state index contributed by atoms with van der Waals surface area (Å²) in [5, 5.41) is 6.01. The molecule has 25 heavy (non-hydrogen) atoms. The molecule has 1 saturated carbocycles. The van der Waals surface area contributed by atoms with Crippen LogP contribution in [0.1, 0.15) is 19.8 Å². The zero-order valence-corrected chi connectivity index (χ0v) is 14.9. The Kier molecular flexibility index (Phi) is 6.04. The van der Waals surface area contributed by atoms with E-state index in [0.29, 0.717) is 25.0 Å². The summed E-state index contributed by atoms with van der Waals surface area (Å²) in [5.74, 6) is 0.814. The monoisotopic (exact) mass is 344 g/mol. The maximum absolute atomic E-state index is 12.1. The number of hydrogen-bond donors (Lipinski definition) is 2. The number of benzene rings is 1. The molecule has 2 N–H and O–H groups in total. The van der Waals surface area contributed by atoms with Crippen molar-refractivity contribution in [3.63, 3.8) is 0 Å². The highest BCUT2D eigenvalue weighted by Gasteiger charge is 2.29. The van der Waals surface area contributed by atoms with Gasteiger partial charge >= 0.3 is 0 Å². The minimum atomic E-state index is 0.00986. The molecule has 1 saturated heterocycles. The second-order valence-corrected chi connectivity index (χ2v) is 7.16. The van der Waals surface area contributed by atoms with Crippen molar-refractivity contribution < 1.29 is 9.59 Å². The Bertz CT molecular complexity index is 580. The van der Waals surface area contributed by atoms with Crippen LogP contribution in [0.15, 0.2) is 30.3 Å². The van der Waals surface area contributed by atoms with Gasteiger partial charge in [0, 0.05) is 37.9 Å². The van der Waals surface area contributed by atoms with E-state index in [4.69, 9.17) is 0 Å². The topological polar surface area (TPSA) is 64.7 Å². The van der Waals surface area contributed by atoms with Gasteiger partial charge in [-0.15, -0.1) is 0 Å². The third-order valence-electron chi connectivity index (χ3n) is 4.97. The van der Waals surface area contributed by atoms with Gasteiger partial charge in [-0.2, -0.15) is 0 Å². The fraction of sp³-hybridized carbons (Fsp3) is 0.579. The molecule has 0 radical (unpaired) electrons. The molecule has 1 heterocycles. The summed E-state index contributed by atoms with van der Waals surface area (Å²) < 4.78 is 0. The molecule has 6 nitrogen and oxygen atoms in total. The number of rotatable bonds is 7. The molecule has 6 heteroatoms. The highest BCUT2D eigenvalue weighted by Crippen LogP contribution is 2.32. The van der Waals surface area contributed by atoms with Crippen LogP contribution in [0.4, 0.5) is 5.69 Å². The summed E-state index contributed by atoms with van der Waals surface area (Å²) in [4.78, 5) is 28.5. The third-order valence-corrected chi connectivity index (χ3v) is 4.97. The molecular formula is C19H28N4O2. The number of hydrogen-bond acceptors (Lipinski definition) is 4. The lowest BCUT2D eigenvalue weighted by Gasteiger charge is -2.34. The van der Waals surface area contributed by atoms with Crippen LogP contribution in [0.2, 0.25) is 0 Å². The maximum atomic E-state index is 12.1. The van der Waals surface area contributed by atoms with E-state index in [-0.39, 0.29) is 11.8 Å². The fourth-order valence-electron chi connectivity index (χ4n) is 3.25. The van der Waals surface area contributed by atoms with Crippen LogP contribution >= 0.6 is 0 Å². The predicted molar refractivity (Wildman–Crippen MR) is 98.3 cm³/mol. The van der Waals surface area contributed by atoms with Crippen molar-refractivity contribution >= 4 is 17.5 Å². The van der Waals surface area contributed by atoms with E-state index in [1.165, 1.54) is 12.8 Å².